The molecular weight excluding hydrogens is 366 g/mol. The van der Waals surface area contributed by atoms with Gasteiger partial charge in [-0.3, -0.25) is 4.79 Å². The lowest BCUT2D eigenvalue weighted by molar-refractivity contribution is -0.130. The van der Waals surface area contributed by atoms with Gasteiger partial charge in [-0.1, -0.05) is 0 Å². The highest BCUT2D eigenvalue weighted by atomic mass is 79.9. The Balaban J connectivity index is 1.98. The summed E-state index contributed by atoms with van der Waals surface area (Å²) in [6, 6.07) is 1.55. The number of sulfonamides is 1. The molecule has 0 bridgehead atoms. The van der Waals surface area contributed by atoms with E-state index in [1.807, 2.05) is 0 Å². The monoisotopic (exact) mass is 381 g/mol. The lowest BCUT2D eigenvalue weighted by Gasteiger charge is -2.27. The van der Waals surface area contributed by atoms with E-state index >= 15 is 0 Å². The van der Waals surface area contributed by atoms with Crippen LogP contribution >= 0.6 is 27.3 Å². The van der Waals surface area contributed by atoms with E-state index < -0.39 is 10.0 Å². The van der Waals surface area contributed by atoms with Crippen LogP contribution in [0.15, 0.2) is 14.7 Å². The van der Waals surface area contributed by atoms with Crippen LogP contribution in [-0.2, 0) is 14.8 Å². The summed E-state index contributed by atoms with van der Waals surface area (Å²) in [5.74, 6) is -0.193. The zero-order valence-electron chi connectivity index (χ0n) is 11.0. The van der Waals surface area contributed by atoms with Crippen molar-refractivity contribution in [3.8, 4) is 0 Å². The Morgan fingerprint density at radius 2 is 2.15 bits per heavy atom. The topological polar surface area (TPSA) is 78.5 Å². The molecule has 0 unspecified atom stereocenters. The van der Waals surface area contributed by atoms with E-state index in [0.29, 0.717) is 18.0 Å². The van der Waals surface area contributed by atoms with E-state index in [4.69, 9.17) is 0 Å². The second-order valence-electron chi connectivity index (χ2n) is 4.43. The molecule has 2 rings (SSSR count). The molecule has 9 heteroatoms. The summed E-state index contributed by atoms with van der Waals surface area (Å²) in [5.41, 5.74) is 0. The predicted octanol–water partition coefficient (Wildman–Crippen LogP) is 0.529. The lowest BCUT2D eigenvalue weighted by atomic mass is 10.3. The minimum absolute atomic E-state index is 0.193. The first-order valence-electron chi connectivity index (χ1n) is 6.14. The van der Waals surface area contributed by atoms with Crippen molar-refractivity contribution in [3.05, 3.63) is 14.7 Å². The summed E-state index contributed by atoms with van der Waals surface area (Å²) < 4.78 is 27.4. The third kappa shape index (κ3) is 3.79. The SMILES string of the molecule is Cc1sc(Br)cc1S(=O)(=O)NCC(=O)N1CCNCC1. The zero-order chi connectivity index (χ0) is 14.8. The fraction of sp³-hybridized carbons (Fsp3) is 0.545. The summed E-state index contributed by atoms with van der Waals surface area (Å²) in [5, 5.41) is 3.14. The Labute approximate surface area is 130 Å². The Bertz CT molecular complexity index is 594. The van der Waals surface area contributed by atoms with Gasteiger partial charge in [0.05, 0.1) is 15.2 Å². The van der Waals surface area contributed by atoms with Crippen LogP contribution in [0.1, 0.15) is 4.88 Å². The summed E-state index contributed by atoms with van der Waals surface area (Å²) in [6.45, 7) is 4.26. The molecule has 1 saturated heterocycles. The molecule has 0 aromatic carbocycles. The number of nitrogens with one attached hydrogen (secondary N) is 2. The maximum absolute atomic E-state index is 12.1. The van der Waals surface area contributed by atoms with Gasteiger partial charge in [-0.05, 0) is 28.9 Å². The molecule has 0 aliphatic carbocycles. The number of carbonyl (C=O) groups excluding carboxylic acids is 1. The van der Waals surface area contributed by atoms with E-state index in [0.717, 1.165) is 16.9 Å². The maximum atomic E-state index is 12.1. The van der Waals surface area contributed by atoms with E-state index in [9.17, 15) is 13.2 Å². The average Bonchev–Trinajstić information content (AvgIpc) is 2.77. The van der Waals surface area contributed by atoms with Gasteiger partial charge in [0.15, 0.2) is 0 Å². The number of hydrogen-bond donors (Lipinski definition) is 2. The molecule has 1 fully saturated rings. The Morgan fingerprint density at radius 3 is 2.70 bits per heavy atom. The van der Waals surface area contributed by atoms with Crippen LogP contribution in [0.2, 0.25) is 0 Å². The third-order valence-electron chi connectivity index (χ3n) is 3.01. The first-order valence-corrected chi connectivity index (χ1v) is 9.23. The van der Waals surface area contributed by atoms with Crippen LogP contribution in [0.4, 0.5) is 0 Å². The maximum Gasteiger partial charge on any atom is 0.242 e. The molecule has 112 valence electrons. The quantitative estimate of drug-likeness (QED) is 0.797. The molecule has 2 N–H and O–H groups in total. The van der Waals surface area contributed by atoms with Crippen molar-refractivity contribution in [1.29, 1.82) is 0 Å². The zero-order valence-corrected chi connectivity index (χ0v) is 14.2. The van der Waals surface area contributed by atoms with Crippen molar-refractivity contribution in [2.24, 2.45) is 0 Å². The number of halogens is 1. The number of thiophene rings is 1. The van der Waals surface area contributed by atoms with Crippen molar-refractivity contribution in [2.75, 3.05) is 32.7 Å². The minimum atomic E-state index is -3.64. The summed E-state index contributed by atoms with van der Waals surface area (Å²) in [4.78, 5) is 14.5. The largest absolute Gasteiger partial charge is 0.339 e. The molecule has 0 spiro atoms. The number of aryl methyl sites for hydroxylation is 1. The Morgan fingerprint density at radius 1 is 1.50 bits per heavy atom. The second-order valence-corrected chi connectivity index (χ2v) is 8.80. The highest BCUT2D eigenvalue weighted by Gasteiger charge is 2.22. The summed E-state index contributed by atoms with van der Waals surface area (Å²) in [6.07, 6.45) is 0. The molecule has 20 heavy (non-hydrogen) atoms. The van der Waals surface area contributed by atoms with Crippen molar-refractivity contribution >= 4 is 43.2 Å². The van der Waals surface area contributed by atoms with Gasteiger partial charge in [0.1, 0.15) is 0 Å². The van der Waals surface area contributed by atoms with Crippen molar-refractivity contribution in [3.63, 3.8) is 0 Å². The number of carbonyl (C=O) groups is 1. The van der Waals surface area contributed by atoms with Crippen LogP contribution in [0, 0.1) is 6.92 Å². The van der Waals surface area contributed by atoms with Gasteiger partial charge in [-0.25, -0.2) is 13.1 Å². The average molecular weight is 382 g/mol. The lowest BCUT2D eigenvalue weighted by Crippen LogP contribution is -2.49. The Kier molecular flexibility index (Phi) is 5.19. The summed E-state index contributed by atoms with van der Waals surface area (Å²) >= 11 is 4.61. The molecular formula is C11H16BrN3O3S2. The number of rotatable bonds is 4. The smallest absolute Gasteiger partial charge is 0.242 e. The third-order valence-corrected chi connectivity index (χ3v) is 6.22. The van der Waals surface area contributed by atoms with Gasteiger partial charge >= 0.3 is 0 Å². The standard InChI is InChI=1S/C11H16BrN3O3S2/c1-8-9(6-10(12)19-8)20(17,18)14-7-11(16)15-4-2-13-3-5-15/h6,13-14H,2-5,7H2,1H3. The molecule has 1 aromatic heterocycles. The molecule has 1 aliphatic rings. The van der Waals surface area contributed by atoms with E-state index in [1.165, 1.54) is 11.3 Å². The number of amides is 1. The molecule has 0 radical (unpaired) electrons. The fourth-order valence-corrected chi connectivity index (χ4v) is 5.34. The summed E-state index contributed by atoms with van der Waals surface area (Å²) in [7, 11) is -3.64. The Hall–Kier alpha value is -0.480. The van der Waals surface area contributed by atoms with Gasteiger partial charge in [0.25, 0.3) is 0 Å². The van der Waals surface area contributed by atoms with E-state index in [-0.39, 0.29) is 17.3 Å². The second kappa shape index (κ2) is 6.52. The molecule has 1 aliphatic heterocycles. The van der Waals surface area contributed by atoms with Gasteiger partial charge < -0.3 is 10.2 Å². The van der Waals surface area contributed by atoms with Crippen LogP contribution in [-0.4, -0.2) is 51.9 Å². The number of hydrogen-bond acceptors (Lipinski definition) is 5. The van der Waals surface area contributed by atoms with Gasteiger partial charge in [-0.2, -0.15) is 0 Å². The van der Waals surface area contributed by atoms with E-state index in [2.05, 4.69) is 26.0 Å². The van der Waals surface area contributed by atoms with Crippen molar-refractivity contribution in [1.82, 2.24) is 14.9 Å². The molecule has 1 aromatic rings. The van der Waals surface area contributed by atoms with Gasteiger partial charge in [-0.15, -0.1) is 11.3 Å². The molecule has 0 atom stereocenters. The van der Waals surface area contributed by atoms with E-state index in [1.54, 1.807) is 17.9 Å². The highest BCUT2D eigenvalue weighted by Crippen LogP contribution is 2.29. The van der Waals surface area contributed by atoms with Crippen LogP contribution in [0.5, 0.6) is 0 Å². The van der Waals surface area contributed by atoms with Gasteiger partial charge in [0.2, 0.25) is 15.9 Å². The van der Waals surface area contributed by atoms with Crippen LogP contribution < -0.4 is 10.0 Å². The number of nitrogens with zero attached hydrogens (tertiary/aromatic N) is 1. The molecule has 0 saturated carbocycles. The molecule has 6 nitrogen and oxygen atoms in total. The molecule has 1 amide bonds. The normalized spacial score (nSPS) is 16.4. The highest BCUT2D eigenvalue weighted by molar-refractivity contribution is 9.11. The van der Waals surface area contributed by atoms with Crippen molar-refractivity contribution < 1.29 is 13.2 Å². The fourth-order valence-electron chi connectivity index (χ4n) is 1.96. The van der Waals surface area contributed by atoms with Gasteiger partial charge in [0, 0.05) is 31.1 Å². The number of piperazine rings is 1. The van der Waals surface area contributed by atoms with Crippen molar-refractivity contribution in [2.45, 2.75) is 11.8 Å². The first-order chi connectivity index (χ1) is 9.40. The predicted molar refractivity (Wildman–Crippen MR) is 81.4 cm³/mol. The minimum Gasteiger partial charge on any atom is -0.339 e. The first kappa shape index (κ1) is 15.9. The van der Waals surface area contributed by atoms with Crippen LogP contribution in [0.3, 0.4) is 0 Å². The van der Waals surface area contributed by atoms with Crippen LogP contribution in [0.25, 0.3) is 0 Å². The molecule has 2 heterocycles.